The Labute approximate surface area is 176 Å². The topological polar surface area (TPSA) is 84.7 Å². The maximum atomic E-state index is 12.7. The molecule has 0 spiro atoms. The Balaban J connectivity index is 0.00000151. The minimum absolute atomic E-state index is 0.0421. The third-order valence-electron chi connectivity index (χ3n) is 2.83. The lowest BCUT2D eigenvalue weighted by molar-refractivity contribution is -0.137. The van der Waals surface area contributed by atoms with Crippen molar-refractivity contribution >= 4 is 77.1 Å². The second-order valence-electron chi connectivity index (χ2n) is 4.33. The van der Waals surface area contributed by atoms with Gasteiger partial charge in [-0.25, -0.2) is 4.68 Å². The largest absolute Gasteiger partial charge is 0.416 e. The SMILES string of the molecule is CS(=O)c1c(C#N)nn(-c2c(Cl)cc(C(F)(F)F)cc2Cl)c1N.II. The van der Waals surface area contributed by atoms with Gasteiger partial charge in [0.15, 0.2) is 5.69 Å². The number of hydrogen-bond donors (Lipinski definition) is 1. The van der Waals surface area contributed by atoms with Crippen LogP contribution in [-0.4, -0.2) is 20.2 Å². The summed E-state index contributed by atoms with van der Waals surface area (Å²) in [6.07, 6.45) is -3.34. The molecule has 13 heteroatoms. The molecule has 0 saturated carbocycles. The van der Waals surface area contributed by atoms with Gasteiger partial charge in [0.1, 0.15) is 22.5 Å². The number of rotatable bonds is 2. The van der Waals surface area contributed by atoms with Gasteiger partial charge >= 0.3 is 6.18 Å². The summed E-state index contributed by atoms with van der Waals surface area (Å²) in [5.74, 6) is -0.189. The molecule has 0 aliphatic rings. The molecule has 0 bridgehead atoms. The molecule has 0 saturated heterocycles. The summed E-state index contributed by atoms with van der Waals surface area (Å²) in [6, 6.07) is 3.04. The molecule has 1 aromatic carbocycles. The van der Waals surface area contributed by atoms with Crippen molar-refractivity contribution in [2.45, 2.75) is 11.1 Å². The number of nitrogens with two attached hydrogens (primary N) is 1. The number of benzene rings is 1. The molecule has 1 unspecified atom stereocenters. The second-order valence-corrected chi connectivity index (χ2v) is 6.46. The number of anilines is 1. The number of aromatic nitrogens is 2. The van der Waals surface area contributed by atoms with Crippen molar-refractivity contribution in [3.8, 4) is 11.8 Å². The van der Waals surface area contributed by atoms with Gasteiger partial charge in [0, 0.05) is 43.5 Å². The zero-order valence-corrected chi connectivity index (χ0v) is 18.7. The first kappa shape index (κ1) is 22.7. The molecule has 25 heavy (non-hydrogen) atoms. The van der Waals surface area contributed by atoms with E-state index in [9.17, 15) is 17.4 Å². The van der Waals surface area contributed by atoms with Crippen LogP contribution >= 0.6 is 60.4 Å². The van der Waals surface area contributed by atoms with Crippen molar-refractivity contribution in [2.75, 3.05) is 12.0 Å². The van der Waals surface area contributed by atoms with Crippen molar-refractivity contribution in [1.29, 1.82) is 5.26 Å². The molecule has 2 aromatic rings. The van der Waals surface area contributed by atoms with Crippen LogP contribution in [0.1, 0.15) is 11.3 Å². The van der Waals surface area contributed by atoms with E-state index in [1.165, 1.54) is 6.26 Å². The Kier molecular flexibility index (Phi) is 8.25. The molecule has 1 atom stereocenters. The second kappa shape index (κ2) is 9.07. The van der Waals surface area contributed by atoms with Crippen LogP contribution < -0.4 is 5.73 Å². The standard InChI is InChI=1S/C12H7Cl2F3N4OS.I2/c1-23(22)10-8(4-18)20-21(11(10)19)9-6(13)2-5(3-7(9)14)12(15,16)17;1-2/h2-3H,19H2,1H3;. The minimum atomic E-state index is -4.63. The number of nitrogen functional groups attached to an aromatic ring is 1. The van der Waals surface area contributed by atoms with E-state index in [0.29, 0.717) is 12.1 Å². The van der Waals surface area contributed by atoms with Crippen LogP contribution in [0.3, 0.4) is 0 Å². The van der Waals surface area contributed by atoms with Crippen molar-refractivity contribution in [3.63, 3.8) is 0 Å². The van der Waals surface area contributed by atoms with Crippen molar-refractivity contribution in [3.05, 3.63) is 33.4 Å². The van der Waals surface area contributed by atoms with Crippen LogP contribution in [0.4, 0.5) is 19.0 Å². The van der Waals surface area contributed by atoms with Gasteiger partial charge in [-0.05, 0) is 12.1 Å². The highest BCUT2D eigenvalue weighted by atomic mass is 128. The number of hydrogen-bond acceptors (Lipinski definition) is 4. The third-order valence-corrected chi connectivity index (χ3v) is 4.38. The van der Waals surface area contributed by atoms with Crippen LogP contribution in [0.5, 0.6) is 0 Å². The molecule has 1 aromatic heterocycles. The van der Waals surface area contributed by atoms with E-state index in [0.717, 1.165) is 4.68 Å². The molecule has 1 heterocycles. The summed E-state index contributed by atoms with van der Waals surface area (Å²) in [5.41, 5.74) is 4.39. The maximum Gasteiger partial charge on any atom is 0.416 e. The van der Waals surface area contributed by atoms with Crippen molar-refractivity contribution in [1.82, 2.24) is 9.78 Å². The summed E-state index contributed by atoms with van der Waals surface area (Å²) in [5, 5.41) is 12.1. The Morgan fingerprint density at radius 2 is 1.80 bits per heavy atom. The summed E-state index contributed by atoms with van der Waals surface area (Å²) in [6.45, 7) is 0. The zero-order valence-electron chi connectivity index (χ0n) is 12.0. The summed E-state index contributed by atoms with van der Waals surface area (Å²) in [4.78, 5) is -0.0421. The highest BCUT2D eigenvalue weighted by molar-refractivity contribution is 15.0. The molecule has 136 valence electrons. The fourth-order valence-corrected chi connectivity index (χ4v) is 3.26. The average Bonchev–Trinajstić information content (AvgIpc) is 2.84. The van der Waals surface area contributed by atoms with Crippen LogP contribution in [0.25, 0.3) is 5.69 Å². The van der Waals surface area contributed by atoms with Crippen LogP contribution in [0, 0.1) is 11.3 Å². The van der Waals surface area contributed by atoms with Gasteiger partial charge in [0.2, 0.25) is 0 Å². The summed E-state index contributed by atoms with van der Waals surface area (Å²) < 4.78 is 50.8. The van der Waals surface area contributed by atoms with E-state index >= 15 is 0 Å². The molecule has 5 nitrogen and oxygen atoms in total. The van der Waals surface area contributed by atoms with Gasteiger partial charge in [-0.3, -0.25) is 4.21 Å². The number of halogens is 7. The Hall–Kier alpha value is -0.300. The van der Waals surface area contributed by atoms with Gasteiger partial charge in [0.25, 0.3) is 0 Å². The van der Waals surface area contributed by atoms with E-state index in [-0.39, 0.29) is 32.1 Å². The molecular formula is C12H7Cl2F3I2N4OS. The lowest BCUT2D eigenvalue weighted by Gasteiger charge is -2.13. The number of nitrogens with zero attached hydrogens (tertiary/aromatic N) is 3. The average molecular weight is 637 g/mol. The van der Waals surface area contributed by atoms with E-state index in [1.807, 2.05) is 0 Å². The molecule has 0 amide bonds. The number of alkyl halides is 3. The summed E-state index contributed by atoms with van der Waals surface area (Å²) >= 11 is 16.0. The molecule has 0 fully saturated rings. The molecular weight excluding hydrogens is 630 g/mol. The highest BCUT2D eigenvalue weighted by Crippen LogP contribution is 2.38. The quantitative estimate of drug-likeness (QED) is 0.462. The smallest absolute Gasteiger partial charge is 0.383 e. The predicted octanol–water partition coefficient (Wildman–Crippen LogP) is 5.16. The number of nitriles is 1. The third kappa shape index (κ3) is 4.90. The molecule has 0 aliphatic carbocycles. The van der Waals surface area contributed by atoms with E-state index < -0.39 is 22.5 Å². The van der Waals surface area contributed by atoms with E-state index in [2.05, 4.69) is 42.3 Å². The van der Waals surface area contributed by atoms with E-state index in [4.69, 9.17) is 34.2 Å². The van der Waals surface area contributed by atoms with Crippen molar-refractivity contribution < 1.29 is 17.4 Å². The fraction of sp³-hybridized carbons (Fsp3) is 0.167. The predicted molar refractivity (Wildman–Crippen MR) is 108 cm³/mol. The first-order valence-electron chi connectivity index (χ1n) is 5.90. The monoisotopic (exact) mass is 636 g/mol. The molecule has 0 radical (unpaired) electrons. The highest BCUT2D eigenvalue weighted by Gasteiger charge is 2.33. The van der Waals surface area contributed by atoms with Crippen molar-refractivity contribution in [2.24, 2.45) is 0 Å². The Morgan fingerprint density at radius 1 is 1.32 bits per heavy atom. The van der Waals surface area contributed by atoms with E-state index in [1.54, 1.807) is 6.07 Å². The fourth-order valence-electron chi connectivity index (χ4n) is 1.88. The van der Waals surface area contributed by atoms with Crippen LogP contribution in [-0.2, 0) is 17.0 Å². The van der Waals surface area contributed by atoms with Crippen LogP contribution in [0.2, 0.25) is 10.0 Å². The van der Waals surface area contributed by atoms with Gasteiger partial charge in [-0.1, -0.05) is 23.2 Å². The molecule has 2 N–H and O–H groups in total. The Morgan fingerprint density at radius 3 is 2.12 bits per heavy atom. The van der Waals surface area contributed by atoms with Gasteiger partial charge in [-0.15, -0.1) is 0 Å². The first-order valence-corrected chi connectivity index (χ1v) is 14.5. The molecule has 2 rings (SSSR count). The van der Waals surface area contributed by atoms with Gasteiger partial charge in [0.05, 0.1) is 26.4 Å². The lowest BCUT2D eigenvalue weighted by Crippen LogP contribution is -2.09. The minimum Gasteiger partial charge on any atom is -0.383 e. The Bertz CT molecular complexity index is 844. The maximum absolute atomic E-state index is 12.7. The normalized spacial score (nSPS) is 12.1. The van der Waals surface area contributed by atoms with Gasteiger partial charge < -0.3 is 5.73 Å². The first-order chi connectivity index (χ1) is 11.6. The zero-order chi connectivity index (χ0) is 19.5. The molecule has 0 aliphatic heterocycles. The van der Waals surface area contributed by atoms with Crippen LogP contribution in [0.15, 0.2) is 17.0 Å². The summed E-state index contributed by atoms with van der Waals surface area (Å²) in [7, 11) is -1.63. The lowest BCUT2D eigenvalue weighted by atomic mass is 10.2. The van der Waals surface area contributed by atoms with Gasteiger partial charge in [-0.2, -0.15) is 23.5 Å².